The molecule has 23 heavy (non-hydrogen) atoms. The first-order valence-electron chi connectivity index (χ1n) is 6.67. The van der Waals surface area contributed by atoms with E-state index in [1.165, 1.54) is 0 Å². The van der Waals surface area contributed by atoms with Gasteiger partial charge in [-0.1, -0.05) is 30.3 Å². The highest BCUT2D eigenvalue weighted by Gasteiger charge is 2.12. The average Bonchev–Trinajstić information content (AvgIpc) is 2.51. The first-order valence-corrected chi connectivity index (χ1v) is 6.67. The monoisotopic (exact) mass is 317 g/mol. The number of benzene rings is 1. The van der Waals surface area contributed by atoms with Gasteiger partial charge in [0, 0.05) is 6.54 Å². The average molecular weight is 317 g/mol. The summed E-state index contributed by atoms with van der Waals surface area (Å²) in [5.41, 5.74) is 5.89. The number of hydrogen-bond donors (Lipinski definition) is 4. The summed E-state index contributed by atoms with van der Waals surface area (Å²) in [7, 11) is 0. The van der Waals surface area contributed by atoms with E-state index in [0.29, 0.717) is 6.42 Å². The molecule has 2 rings (SSSR count). The van der Waals surface area contributed by atoms with E-state index in [2.05, 4.69) is 10.1 Å². The topological polar surface area (TPSA) is 143 Å². The second kappa shape index (κ2) is 7.07. The van der Waals surface area contributed by atoms with Crippen molar-refractivity contribution in [2.24, 2.45) is 10.8 Å². The standard InChI is InChI=1S/C14H15N5O4/c15-13(22)18-16-8-10-11(20)17-14(23)19(12(10)21)7-6-9-4-2-1-3-5-9/h1-5,8,21H,6-7H2,(H3,15,18,22)(H,17,20,23)/b16-8+. The van der Waals surface area contributed by atoms with Crippen molar-refractivity contribution < 1.29 is 9.90 Å². The van der Waals surface area contributed by atoms with Crippen molar-refractivity contribution in [1.29, 1.82) is 0 Å². The molecule has 0 atom stereocenters. The normalized spacial score (nSPS) is 10.8. The summed E-state index contributed by atoms with van der Waals surface area (Å²) in [6.45, 7) is 0.162. The van der Waals surface area contributed by atoms with Crippen LogP contribution < -0.4 is 22.4 Å². The lowest BCUT2D eigenvalue weighted by molar-refractivity contribution is 0.249. The van der Waals surface area contributed by atoms with Gasteiger partial charge in [0.2, 0.25) is 5.88 Å². The van der Waals surface area contributed by atoms with Gasteiger partial charge in [-0.25, -0.2) is 15.0 Å². The molecule has 5 N–H and O–H groups in total. The van der Waals surface area contributed by atoms with Crippen LogP contribution in [-0.2, 0) is 13.0 Å². The maximum atomic E-state index is 11.8. The maximum Gasteiger partial charge on any atom is 0.332 e. The molecule has 0 unspecified atom stereocenters. The van der Waals surface area contributed by atoms with Crippen LogP contribution in [0.15, 0.2) is 45.0 Å². The van der Waals surface area contributed by atoms with Gasteiger partial charge >= 0.3 is 11.7 Å². The summed E-state index contributed by atoms with van der Waals surface area (Å²) in [6, 6.07) is 8.43. The smallest absolute Gasteiger partial charge is 0.332 e. The van der Waals surface area contributed by atoms with Crippen LogP contribution in [0, 0.1) is 0 Å². The SMILES string of the molecule is NC(=O)N/N=C/c1c(O)n(CCc2ccccc2)c(=O)[nH]c1=O. The van der Waals surface area contributed by atoms with Crippen LogP contribution in [0.5, 0.6) is 5.88 Å². The highest BCUT2D eigenvalue weighted by molar-refractivity contribution is 5.83. The predicted octanol–water partition coefficient (Wildman–Crippen LogP) is -0.513. The van der Waals surface area contributed by atoms with Gasteiger partial charge in [-0.2, -0.15) is 5.10 Å². The summed E-state index contributed by atoms with van der Waals surface area (Å²) in [5.74, 6) is -0.537. The second-order valence-corrected chi connectivity index (χ2v) is 4.62. The fourth-order valence-corrected chi connectivity index (χ4v) is 1.94. The fraction of sp³-hybridized carbons (Fsp3) is 0.143. The lowest BCUT2D eigenvalue weighted by Crippen LogP contribution is -2.33. The summed E-state index contributed by atoms with van der Waals surface area (Å²) in [6.07, 6.45) is 1.40. The molecular weight excluding hydrogens is 302 g/mol. The number of carbonyl (C=O) groups excluding carboxylic acids is 1. The summed E-state index contributed by atoms with van der Waals surface area (Å²) < 4.78 is 1.01. The van der Waals surface area contributed by atoms with Crippen LogP contribution in [0.25, 0.3) is 0 Å². The van der Waals surface area contributed by atoms with E-state index in [9.17, 15) is 19.5 Å². The van der Waals surface area contributed by atoms with E-state index >= 15 is 0 Å². The molecule has 2 aromatic rings. The largest absolute Gasteiger partial charge is 0.494 e. The number of rotatable bonds is 5. The Labute approximate surface area is 130 Å². The Morgan fingerprint density at radius 3 is 2.70 bits per heavy atom. The van der Waals surface area contributed by atoms with E-state index in [1.807, 2.05) is 35.8 Å². The number of nitrogens with zero attached hydrogens (tertiary/aromatic N) is 2. The van der Waals surface area contributed by atoms with E-state index in [-0.39, 0.29) is 12.1 Å². The number of hydrogen-bond acceptors (Lipinski definition) is 5. The Kier molecular flexibility index (Phi) is 4.92. The van der Waals surface area contributed by atoms with Gasteiger partial charge < -0.3 is 10.8 Å². The number of primary amides is 1. The number of amides is 2. The molecule has 1 aromatic heterocycles. The Morgan fingerprint density at radius 2 is 2.04 bits per heavy atom. The molecule has 0 spiro atoms. The summed E-state index contributed by atoms with van der Waals surface area (Å²) in [5, 5.41) is 13.5. The van der Waals surface area contributed by atoms with Crippen LogP contribution >= 0.6 is 0 Å². The fourth-order valence-electron chi connectivity index (χ4n) is 1.94. The zero-order valence-corrected chi connectivity index (χ0v) is 12.0. The molecule has 0 saturated heterocycles. The van der Waals surface area contributed by atoms with E-state index in [4.69, 9.17) is 5.73 Å². The summed E-state index contributed by atoms with van der Waals surface area (Å²) in [4.78, 5) is 36.1. The number of carbonyl (C=O) groups is 1. The molecule has 0 fully saturated rings. The number of aromatic hydroxyl groups is 1. The first-order chi connectivity index (χ1) is 11.0. The van der Waals surface area contributed by atoms with Crippen LogP contribution in [0.4, 0.5) is 4.79 Å². The molecule has 2 amide bonds. The van der Waals surface area contributed by atoms with Gasteiger partial charge in [0.25, 0.3) is 5.56 Å². The Hall–Kier alpha value is -3.36. The zero-order valence-electron chi connectivity index (χ0n) is 12.0. The van der Waals surface area contributed by atoms with Crippen LogP contribution in [0.2, 0.25) is 0 Å². The molecular formula is C14H15N5O4. The van der Waals surface area contributed by atoms with Crippen LogP contribution in [0.3, 0.4) is 0 Å². The number of H-pyrrole nitrogens is 1. The minimum absolute atomic E-state index is 0.162. The molecule has 9 nitrogen and oxygen atoms in total. The lowest BCUT2D eigenvalue weighted by atomic mass is 10.1. The number of urea groups is 1. The van der Waals surface area contributed by atoms with Crippen LogP contribution in [0.1, 0.15) is 11.1 Å². The molecule has 0 radical (unpaired) electrons. The molecule has 1 aromatic carbocycles. The quantitative estimate of drug-likeness (QED) is 0.435. The minimum atomic E-state index is -0.922. The molecule has 0 aliphatic rings. The number of nitrogens with two attached hydrogens (primary N) is 1. The van der Waals surface area contributed by atoms with Crippen molar-refractivity contribution in [1.82, 2.24) is 15.0 Å². The molecule has 0 aliphatic carbocycles. The van der Waals surface area contributed by atoms with Crippen molar-refractivity contribution >= 4 is 12.2 Å². The minimum Gasteiger partial charge on any atom is -0.494 e. The van der Waals surface area contributed by atoms with Crippen molar-refractivity contribution in [3.05, 3.63) is 62.3 Å². The number of aromatic nitrogens is 2. The van der Waals surface area contributed by atoms with Crippen molar-refractivity contribution in [2.75, 3.05) is 0 Å². The number of aryl methyl sites for hydroxylation is 1. The van der Waals surface area contributed by atoms with Gasteiger partial charge in [-0.15, -0.1) is 0 Å². The third-order valence-electron chi connectivity index (χ3n) is 3.04. The number of nitrogens with one attached hydrogen (secondary N) is 2. The molecule has 9 heteroatoms. The third-order valence-corrected chi connectivity index (χ3v) is 3.04. The van der Waals surface area contributed by atoms with Gasteiger partial charge in [-0.3, -0.25) is 14.3 Å². The Balaban J connectivity index is 2.29. The van der Waals surface area contributed by atoms with Gasteiger partial charge in [0.1, 0.15) is 5.56 Å². The third kappa shape index (κ3) is 4.06. The molecule has 0 bridgehead atoms. The van der Waals surface area contributed by atoms with Gasteiger partial charge in [-0.05, 0) is 12.0 Å². The van der Waals surface area contributed by atoms with Crippen LogP contribution in [-0.4, -0.2) is 26.9 Å². The highest BCUT2D eigenvalue weighted by atomic mass is 16.3. The maximum absolute atomic E-state index is 11.8. The molecule has 0 aliphatic heterocycles. The van der Waals surface area contributed by atoms with Crippen molar-refractivity contribution in [3.8, 4) is 5.88 Å². The van der Waals surface area contributed by atoms with E-state index in [0.717, 1.165) is 16.3 Å². The highest BCUT2D eigenvalue weighted by Crippen LogP contribution is 2.09. The number of aromatic amines is 1. The van der Waals surface area contributed by atoms with E-state index in [1.54, 1.807) is 0 Å². The molecule has 120 valence electrons. The van der Waals surface area contributed by atoms with Crippen molar-refractivity contribution in [2.45, 2.75) is 13.0 Å². The number of hydrazone groups is 1. The van der Waals surface area contributed by atoms with Gasteiger partial charge in [0.15, 0.2) is 0 Å². The summed E-state index contributed by atoms with van der Waals surface area (Å²) >= 11 is 0. The first kappa shape index (κ1) is 16.0. The Morgan fingerprint density at radius 1 is 1.35 bits per heavy atom. The molecule has 1 heterocycles. The predicted molar refractivity (Wildman–Crippen MR) is 83.4 cm³/mol. The Bertz CT molecular complexity index is 838. The van der Waals surface area contributed by atoms with Gasteiger partial charge in [0.05, 0.1) is 6.21 Å². The molecule has 0 saturated carbocycles. The van der Waals surface area contributed by atoms with E-state index < -0.39 is 23.2 Å². The lowest BCUT2D eigenvalue weighted by Gasteiger charge is -2.09. The second-order valence-electron chi connectivity index (χ2n) is 4.62. The van der Waals surface area contributed by atoms with Crippen molar-refractivity contribution in [3.63, 3.8) is 0 Å². The zero-order chi connectivity index (χ0) is 16.8.